The van der Waals surface area contributed by atoms with Crippen LogP contribution in [0.2, 0.25) is 0 Å². The number of carboxylic acids is 1. The number of hydrogen-bond acceptors (Lipinski definition) is 3. The number of terminal acetylenes is 1. The zero-order valence-corrected chi connectivity index (χ0v) is 10.1. The van der Waals surface area contributed by atoms with Crippen molar-refractivity contribution in [2.45, 2.75) is 6.54 Å². The molecule has 6 heteroatoms. The summed E-state index contributed by atoms with van der Waals surface area (Å²) in [5, 5.41) is 8.72. The van der Waals surface area contributed by atoms with E-state index in [4.69, 9.17) is 17.3 Å². The van der Waals surface area contributed by atoms with Crippen LogP contribution in [-0.2, 0) is 11.3 Å². The molecule has 0 saturated heterocycles. The molecule has 0 saturated carbocycles. The Balaban J connectivity index is 2.95. The monoisotopic (exact) mass is 264 g/mol. The molecule has 0 radical (unpaired) electrons. The lowest BCUT2D eigenvalue weighted by atomic mass is 10.1. The maximum Gasteiger partial charge on any atom is 0.317 e. The Morgan fingerprint density at radius 1 is 1.47 bits per heavy atom. The zero-order chi connectivity index (χ0) is 14.4. The zero-order valence-electron chi connectivity index (χ0n) is 10.1. The second-order valence-corrected chi connectivity index (χ2v) is 3.91. The van der Waals surface area contributed by atoms with Crippen LogP contribution in [0.1, 0.15) is 15.9 Å². The molecule has 0 heterocycles. The van der Waals surface area contributed by atoms with E-state index in [-0.39, 0.29) is 30.8 Å². The van der Waals surface area contributed by atoms with Crippen molar-refractivity contribution >= 4 is 11.9 Å². The molecule has 1 rings (SSSR count). The van der Waals surface area contributed by atoms with Crippen molar-refractivity contribution in [2.24, 2.45) is 5.73 Å². The summed E-state index contributed by atoms with van der Waals surface area (Å²) in [6.45, 7) is -0.263. The molecule has 1 amide bonds. The quantitative estimate of drug-likeness (QED) is 0.730. The minimum Gasteiger partial charge on any atom is -0.480 e. The molecule has 1 aromatic rings. The minimum atomic E-state index is -1.07. The first-order valence-corrected chi connectivity index (χ1v) is 5.40. The summed E-state index contributed by atoms with van der Waals surface area (Å²) in [7, 11) is 0. The highest BCUT2D eigenvalue weighted by Gasteiger charge is 2.13. The fourth-order valence-corrected chi connectivity index (χ4v) is 1.58. The van der Waals surface area contributed by atoms with Gasteiger partial charge in [0.15, 0.2) is 0 Å². The minimum absolute atomic E-state index is 0.0105. The van der Waals surface area contributed by atoms with Crippen molar-refractivity contribution in [2.75, 3.05) is 13.1 Å². The van der Waals surface area contributed by atoms with E-state index >= 15 is 0 Å². The number of primary amides is 1. The topological polar surface area (TPSA) is 83.6 Å². The van der Waals surface area contributed by atoms with E-state index in [1.807, 2.05) is 0 Å². The highest BCUT2D eigenvalue weighted by atomic mass is 19.1. The van der Waals surface area contributed by atoms with Gasteiger partial charge >= 0.3 is 5.97 Å². The number of halogens is 1. The lowest BCUT2D eigenvalue weighted by Gasteiger charge is -2.18. The molecule has 0 unspecified atom stereocenters. The first-order valence-electron chi connectivity index (χ1n) is 5.40. The van der Waals surface area contributed by atoms with Gasteiger partial charge in [-0.1, -0.05) is 5.92 Å². The lowest BCUT2D eigenvalue weighted by Crippen LogP contribution is -2.30. The third-order valence-corrected chi connectivity index (χ3v) is 2.40. The average Bonchev–Trinajstić information content (AvgIpc) is 2.31. The van der Waals surface area contributed by atoms with Gasteiger partial charge in [0.25, 0.3) is 0 Å². The average molecular weight is 264 g/mol. The number of nitrogens with zero attached hydrogens (tertiary/aromatic N) is 1. The van der Waals surface area contributed by atoms with Gasteiger partial charge in [0.1, 0.15) is 5.82 Å². The standard InChI is InChI=1S/C13H13FN2O3/c1-2-5-16(8-12(17)18)7-10-6-9(13(15)19)3-4-11(10)14/h1,3-4,6H,5,7-8H2,(H2,15,19)(H,17,18). The molecule has 0 bridgehead atoms. The Hall–Kier alpha value is -2.39. The van der Waals surface area contributed by atoms with Gasteiger partial charge < -0.3 is 10.8 Å². The van der Waals surface area contributed by atoms with Crippen LogP contribution in [0.25, 0.3) is 0 Å². The number of carbonyl (C=O) groups excluding carboxylic acids is 1. The maximum atomic E-state index is 13.6. The summed E-state index contributed by atoms with van der Waals surface area (Å²) < 4.78 is 13.6. The number of carbonyl (C=O) groups is 2. The summed E-state index contributed by atoms with van der Waals surface area (Å²) in [5.74, 6) is 0.00905. The highest BCUT2D eigenvalue weighted by Crippen LogP contribution is 2.13. The molecule has 3 N–H and O–H groups in total. The molecule has 0 aromatic heterocycles. The van der Waals surface area contributed by atoms with Crippen LogP contribution in [0.3, 0.4) is 0 Å². The van der Waals surface area contributed by atoms with E-state index in [2.05, 4.69) is 5.92 Å². The van der Waals surface area contributed by atoms with Crippen molar-refractivity contribution in [1.82, 2.24) is 4.90 Å². The molecule has 19 heavy (non-hydrogen) atoms. The predicted octanol–water partition coefficient (Wildman–Crippen LogP) is 0.444. The van der Waals surface area contributed by atoms with E-state index in [9.17, 15) is 14.0 Å². The number of aliphatic carboxylic acids is 1. The Morgan fingerprint density at radius 2 is 2.16 bits per heavy atom. The van der Waals surface area contributed by atoms with Crippen molar-refractivity contribution < 1.29 is 19.1 Å². The number of hydrogen-bond donors (Lipinski definition) is 2. The number of rotatable bonds is 6. The van der Waals surface area contributed by atoms with E-state index < -0.39 is 17.7 Å². The van der Waals surface area contributed by atoms with Gasteiger partial charge in [-0.25, -0.2) is 4.39 Å². The summed E-state index contributed by atoms with van der Waals surface area (Å²) in [6, 6.07) is 3.68. The Labute approximate surface area is 109 Å². The number of carboxylic acid groups (broad SMARTS) is 1. The number of nitrogens with two attached hydrogens (primary N) is 1. The van der Waals surface area contributed by atoms with Gasteiger partial charge in [-0.3, -0.25) is 14.5 Å². The molecule has 100 valence electrons. The van der Waals surface area contributed by atoms with Gasteiger partial charge in [0.05, 0.1) is 13.1 Å². The van der Waals surface area contributed by atoms with E-state index in [0.29, 0.717) is 0 Å². The van der Waals surface area contributed by atoms with Crippen molar-refractivity contribution in [3.63, 3.8) is 0 Å². The molecule has 0 aliphatic heterocycles. The van der Waals surface area contributed by atoms with E-state index in [0.717, 1.165) is 6.07 Å². The maximum absolute atomic E-state index is 13.6. The fraction of sp³-hybridized carbons (Fsp3) is 0.231. The van der Waals surface area contributed by atoms with Gasteiger partial charge in [0.2, 0.25) is 5.91 Å². The number of benzene rings is 1. The summed E-state index contributed by atoms with van der Waals surface area (Å²) >= 11 is 0. The molecule has 0 aliphatic rings. The molecule has 0 aliphatic carbocycles. The van der Waals surface area contributed by atoms with E-state index in [1.165, 1.54) is 17.0 Å². The van der Waals surface area contributed by atoms with Crippen LogP contribution in [0.15, 0.2) is 18.2 Å². The van der Waals surface area contributed by atoms with Crippen LogP contribution in [0.4, 0.5) is 4.39 Å². The highest BCUT2D eigenvalue weighted by molar-refractivity contribution is 5.92. The second kappa shape index (κ2) is 6.52. The third kappa shape index (κ3) is 4.41. The largest absolute Gasteiger partial charge is 0.480 e. The smallest absolute Gasteiger partial charge is 0.317 e. The second-order valence-electron chi connectivity index (χ2n) is 3.91. The summed E-state index contributed by atoms with van der Waals surface area (Å²) in [4.78, 5) is 23.0. The van der Waals surface area contributed by atoms with Crippen LogP contribution >= 0.6 is 0 Å². The molecule has 5 nitrogen and oxygen atoms in total. The normalized spacial score (nSPS) is 10.2. The van der Waals surface area contributed by atoms with Crippen LogP contribution in [0.5, 0.6) is 0 Å². The molecule has 0 fully saturated rings. The van der Waals surface area contributed by atoms with Crippen LogP contribution in [0, 0.1) is 18.2 Å². The first-order chi connectivity index (χ1) is 8.93. The van der Waals surface area contributed by atoms with Gasteiger partial charge in [-0.05, 0) is 18.2 Å². The van der Waals surface area contributed by atoms with Crippen LogP contribution < -0.4 is 5.73 Å². The molecule has 0 spiro atoms. The van der Waals surface area contributed by atoms with Gasteiger partial charge in [0, 0.05) is 17.7 Å². The summed E-state index contributed by atoms with van der Waals surface area (Å²) in [6.07, 6.45) is 5.12. The van der Waals surface area contributed by atoms with Gasteiger partial charge in [-0.15, -0.1) is 6.42 Å². The Morgan fingerprint density at radius 3 is 2.68 bits per heavy atom. The van der Waals surface area contributed by atoms with E-state index in [1.54, 1.807) is 0 Å². The van der Waals surface area contributed by atoms with Crippen LogP contribution in [-0.4, -0.2) is 35.0 Å². The number of amides is 1. The molecular formula is C13H13FN2O3. The fourth-order valence-electron chi connectivity index (χ4n) is 1.58. The summed E-state index contributed by atoms with van der Waals surface area (Å²) in [5.41, 5.74) is 5.43. The predicted molar refractivity (Wildman–Crippen MR) is 66.7 cm³/mol. The van der Waals surface area contributed by atoms with Crippen molar-refractivity contribution in [3.05, 3.63) is 35.1 Å². The lowest BCUT2D eigenvalue weighted by molar-refractivity contribution is -0.138. The first kappa shape index (κ1) is 14.7. The Bertz CT molecular complexity index is 537. The third-order valence-electron chi connectivity index (χ3n) is 2.40. The van der Waals surface area contributed by atoms with Crippen molar-refractivity contribution in [3.8, 4) is 12.3 Å². The molecule has 0 atom stereocenters. The molecule has 1 aromatic carbocycles. The molecular weight excluding hydrogens is 251 g/mol. The van der Waals surface area contributed by atoms with Gasteiger partial charge in [-0.2, -0.15) is 0 Å². The van der Waals surface area contributed by atoms with Crippen molar-refractivity contribution in [1.29, 1.82) is 0 Å². The Kier molecular flexibility index (Phi) is 5.03. The SMILES string of the molecule is C#CCN(CC(=O)O)Cc1cc(C(N)=O)ccc1F.